The van der Waals surface area contributed by atoms with Gasteiger partial charge in [-0.3, -0.25) is 4.79 Å². The van der Waals surface area contributed by atoms with Gasteiger partial charge in [-0.2, -0.15) is 4.39 Å². The number of likely N-dealkylation sites (tertiary alicyclic amines) is 1. The van der Waals surface area contributed by atoms with Crippen molar-refractivity contribution in [2.24, 2.45) is 0 Å². The molecule has 1 unspecified atom stereocenters. The fourth-order valence-corrected chi connectivity index (χ4v) is 3.18. The molecule has 1 atom stereocenters. The number of benzene rings is 1. The van der Waals surface area contributed by atoms with Gasteiger partial charge in [0, 0.05) is 17.9 Å². The number of phenolic OH excluding ortho intramolecular Hbond substituents is 1. The molecule has 0 aromatic heterocycles. The van der Waals surface area contributed by atoms with E-state index >= 15 is 0 Å². The lowest BCUT2D eigenvalue weighted by Gasteiger charge is -2.29. The fraction of sp³-hybridized carbons (Fsp3) is 0.500. The van der Waals surface area contributed by atoms with E-state index in [2.05, 4.69) is 15.9 Å². The Balaban J connectivity index is 2.38. The van der Waals surface area contributed by atoms with Crippen LogP contribution in [-0.2, 0) is 0 Å². The molecule has 1 heterocycles. The van der Waals surface area contributed by atoms with Crippen LogP contribution < -0.4 is 0 Å². The van der Waals surface area contributed by atoms with Gasteiger partial charge in [-0.25, -0.2) is 8.78 Å². The maximum atomic E-state index is 13.9. The SMILES string of the molecule is O=C(c1cc(F)c(F)c(O)c1F)N1CCCCCC1CBr. The van der Waals surface area contributed by atoms with Crippen LogP contribution in [0, 0.1) is 17.5 Å². The average molecular weight is 366 g/mol. The summed E-state index contributed by atoms with van der Waals surface area (Å²) in [4.78, 5) is 13.9. The molecule has 1 aromatic carbocycles. The summed E-state index contributed by atoms with van der Waals surface area (Å²) < 4.78 is 40.3. The van der Waals surface area contributed by atoms with Crippen LogP contribution in [0.2, 0.25) is 0 Å². The zero-order chi connectivity index (χ0) is 15.6. The molecule has 0 bridgehead atoms. The predicted molar refractivity (Wildman–Crippen MR) is 75.1 cm³/mol. The Bertz CT molecular complexity index is 554. The molecule has 7 heteroatoms. The van der Waals surface area contributed by atoms with Gasteiger partial charge in [-0.05, 0) is 18.9 Å². The zero-order valence-electron chi connectivity index (χ0n) is 11.2. The van der Waals surface area contributed by atoms with Crippen LogP contribution >= 0.6 is 15.9 Å². The van der Waals surface area contributed by atoms with E-state index in [1.807, 2.05) is 0 Å². The molecule has 1 aliphatic rings. The first-order valence-electron chi connectivity index (χ1n) is 6.70. The third kappa shape index (κ3) is 3.17. The Morgan fingerprint density at radius 2 is 2.00 bits per heavy atom. The summed E-state index contributed by atoms with van der Waals surface area (Å²) in [7, 11) is 0. The van der Waals surface area contributed by atoms with Gasteiger partial charge in [0.25, 0.3) is 5.91 Å². The largest absolute Gasteiger partial charge is 0.503 e. The molecule has 0 aliphatic carbocycles. The quantitative estimate of drug-likeness (QED) is 0.642. The number of carbonyl (C=O) groups is 1. The predicted octanol–water partition coefficient (Wildman–Crippen LogP) is 3.59. The average Bonchev–Trinajstić information content (AvgIpc) is 2.73. The van der Waals surface area contributed by atoms with Crippen LogP contribution in [0.3, 0.4) is 0 Å². The summed E-state index contributed by atoms with van der Waals surface area (Å²) in [5.74, 6) is -6.73. The first-order valence-corrected chi connectivity index (χ1v) is 7.83. The molecule has 116 valence electrons. The number of alkyl halides is 1. The fourth-order valence-electron chi connectivity index (χ4n) is 2.51. The minimum Gasteiger partial charge on any atom is -0.503 e. The van der Waals surface area contributed by atoms with Gasteiger partial charge in [-0.15, -0.1) is 0 Å². The van der Waals surface area contributed by atoms with Crippen molar-refractivity contribution in [3.05, 3.63) is 29.1 Å². The summed E-state index contributed by atoms with van der Waals surface area (Å²) in [6.07, 6.45) is 3.44. The first kappa shape index (κ1) is 16.1. The monoisotopic (exact) mass is 365 g/mol. The molecule has 0 spiro atoms. The second kappa shape index (κ2) is 6.68. The number of aromatic hydroxyl groups is 1. The van der Waals surface area contributed by atoms with Crippen molar-refractivity contribution in [3.63, 3.8) is 0 Å². The van der Waals surface area contributed by atoms with E-state index in [0.29, 0.717) is 17.9 Å². The second-order valence-corrected chi connectivity index (χ2v) is 5.69. The summed E-state index contributed by atoms with van der Waals surface area (Å²) in [6, 6.07) is 0.373. The smallest absolute Gasteiger partial charge is 0.257 e. The Labute approximate surface area is 128 Å². The third-order valence-corrected chi connectivity index (χ3v) is 4.43. The molecule has 1 saturated heterocycles. The molecule has 3 nitrogen and oxygen atoms in total. The Morgan fingerprint density at radius 1 is 1.29 bits per heavy atom. The highest BCUT2D eigenvalue weighted by Crippen LogP contribution is 2.28. The second-order valence-electron chi connectivity index (χ2n) is 5.04. The van der Waals surface area contributed by atoms with Gasteiger partial charge in [0.15, 0.2) is 17.4 Å². The van der Waals surface area contributed by atoms with E-state index in [4.69, 9.17) is 0 Å². The van der Waals surface area contributed by atoms with Gasteiger partial charge in [-0.1, -0.05) is 28.8 Å². The van der Waals surface area contributed by atoms with Crippen molar-refractivity contribution in [1.82, 2.24) is 4.90 Å². The summed E-state index contributed by atoms with van der Waals surface area (Å²) in [6.45, 7) is 0.425. The highest BCUT2D eigenvalue weighted by atomic mass is 79.9. The summed E-state index contributed by atoms with van der Waals surface area (Å²) in [5.41, 5.74) is -0.640. The van der Waals surface area contributed by atoms with E-state index in [1.165, 1.54) is 4.90 Å². The lowest BCUT2D eigenvalue weighted by Crippen LogP contribution is -2.41. The number of hydrogen-bond acceptors (Lipinski definition) is 2. The van der Waals surface area contributed by atoms with Crippen LogP contribution in [0.15, 0.2) is 6.07 Å². The van der Waals surface area contributed by atoms with Gasteiger partial charge in [0.1, 0.15) is 0 Å². The van der Waals surface area contributed by atoms with Gasteiger partial charge < -0.3 is 10.0 Å². The highest BCUT2D eigenvalue weighted by Gasteiger charge is 2.30. The van der Waals surface area contributed by atoms with Crippen LogP contribution in [0.4, 0.5) is 13.2 Å². The molecule has 1 aromatic rings. The van der Waals surface area contributed by atoms with Gasteiger partial charge in [0.2, 0.25) is 5.82 Å². The van der Waals surface area contributed by atoms with Gasteiger partial charge >= 0.3 is 0 Å². The molecule has 0 saturated carbocycles. The molecular weight excluding hydrogens is 351 g/mol. The Hall–Kier alpha value is -1.24. The van der Waals surface area contributed by atoms with Crippen molar-refractivity contribution < 1.29 is 23.1 Å². The maximum Gasteiger partial charge on any atom is 0.257 e. The highest BCUT2D eigenvalue weighted by molar-refractivity contribution is 9.09. The molecule has 21 heavy (non-hydrogen) atoms. The van der Waals surface area contributed by atoms with Crippen molar-refractivity contribution in [2.45, 2.75) is 31.7 Å². The van der Waals surface area contributed by atoms with E-state index in [0.717, 1.165) is 25.7 Å². The molecule has 1 amide bonds. The van der Waals surface area contributed by atoms with Crippen molar-refractivity contribution in [3.8, 4) is 5.75 Å². The number of halogens is 4. The molecule has 1 fully saturated rings. The zero-order valence-corrected chi connectivity index (χ0v) is 12.8. The van der Waals surface area contributed by atoms with Crippen LogP contribution in [0.25, 0.3) is 0 Å². The normalized spacial score (nSPS) is 19.4. The van der Waals surface area contributed by atoms with Crippen molar-refractivity contribution in [2.75, 3.05) is 11.9 Å². The van der Waals surface area contributed by atoms with E-state index < -0.39 is 34.7 Å². The number of amides is 1. The number of nitrogens with zero attached hydrogens (tertiary/aromatic N) is 1. The van der Waals surface area contributed by atoms with Crippen LogP contribution in [-0.4, -0.2) is 33.8 Å². The molecular formula is C14H15BrF3NO2. The molecule has 1 N–H and O–H groups in total. The Kier molecular flexibility index (Phi) is 5.13. The maximum absolute atomic E-state index is 13.9. The summed E-state index contributed by atoms with van der Waals surface area (Å²) in [5, 5.41) is 9.75. The molecule has 2 rings (SSSR count). The standard InChI is InChI=1S/C14H15BrF3NO2/c15-7-8-4-2-1-3-5-19(8)14(21)9-6-10(16)12(18)13(20)11(9)17/h6,8,20H,1-5,7H2. The van der Waals surface area contributed by atoms with E-state index in [-0.39, 0.29) is 6.04 Å². The first-order chi connectivity index (χ1) is 9.97. The van der Waals surface area contributed by atoms with Crippen molar-refractivity contribution >= 4 is 21.8 Å². The third-order valence-electron chi connectivity index (χ3n) is 3.68. The van der Waals surface area contributed by atoms with Crippen LogP contribution in [0.5, 0.6) is 5.75 Å². The number of carbonyl (C=O) groups excluding carboxylic acids is 1. The lowest BCUT2D eigenvalue weighted by atomic mass is 10.1. The van der Waals surface area contributed by atoms with Gasteiger partial charge in [0.05, 0.1) is 5.56 Å². The van der Waals surface area contributed by atoms with Crippen molar-refractivity contribution in [1.29, 1.82) is 0 Å². The topological polar surface area (TPSA) is 40.5 Å². The molecule has 0 radical (unpaired) electrons. The molecule has 1 aliphatic heterocycles. The van der Waals surface area contributed by atoms with E-state index in [1.54, 1.807) is 0 Å². The number of phenols is 1. The minimum absolute atomic E-state index is 0.130. The number of rotatable bonds is 2. The minimum atomic E-state index is -1.68. The number of hydrogen-bond donors (Lipinski definition) is 1. The van der Waals surface area contributed by atoms with Crippen LogP contribution in [0.1, 0.15) is 36.0 Å². The lowest BCUT2D eigenvalue weighted by molar-refractivity contribution is 0.0695. The Morgan fingerprint density at radius 3 is 2.67 bits per heavy atom. The van der Waals surface area contributed by atoms with E-state index in [9.17, 15) is 23.1 Å². The summed E-state index contributed by atoms with van der Waals surface area (Å²) >= 11 is 3.31.